The summed E-state index contributed by atoms with van der Waals surface area (Å²) < 4.78 is 6.04. The number of ether oxygens (including phenoxy) is 1. The van der Waals surface area contributed by atoms with Crippen molar-refractivity contribution in [3.8, 4) is 5.88 Å². The lowest BCUT2D eigenvalue weighted by Crippen LogP contribution is -2.43. The van der Waals surface area contributed by atoms with Crippen molar-refractivity contribution in [2.45, 2.75) is 19.4 Å². The lowest BCUT2D eigenvalue weighted by Gasteiger charge is -2.31. The molecule has 0 saturated carbocycles. The third-order valence-electron chi connectivity index (χ3n) is 2.54. The first kappa shape index (κ1) is 13.4. The second-order valence-corrected chi connectivity index (χ2v) is 5.43. The van der Waals surface area contributed by atoms with Crippen molar-refractivity contribution in [3.63, 3.8) is 0 Å². The number of H-pyrrole nitrogens is 1. The van der Waals surface area contributed by atoms with Crippen LogP contribution in [0.4, 0.5) is 0 Å². The Bertz CT molecular complexity index is 415. The number of nitrogens with one attached hydrogen (secondary N) is 1. The summed E-state index contributed by atoms with van der Waals surface area (Å²) >= 11 is 1.93. The first-order valence-electron chi connectivity index (χ1n) is 4.88. The number of nitrogens with zero attached hydrogens (tertiary/aromatic N) is 2. The van der Waals surface area contributed by atoms with Gasteiger partial charge in [-0.2, -0.15) is 0 Å². The molecule has 0 aliphatic rings. The summed E-state index contributed by atoms with van der Waals surface area (Å²) in [7, 11) is 3.97. The number of hydrogen-bond donors (Lipinski definition) is 1. The molecule has 1 heterocycles. The van der Waals surface area contributed by atoms with Gasteiger partial charge in [0.1, 0.15) is 10.2 Å². The molecule has 0 aliphatic carbocycles. The minimum absolute atomic E-state index is 0.104. The second kappa shape index (κ2) is 5.13. The first-order valence-corrected chi connectivity index (χ1v) is 5.96. The van der Waals surface area contributed by atoms with Crippen molar-refractivity contribution in [2.24, 2.45) is 0 Å². The Hall–Kier alpha value is -0.630. The van der Waals surface area contributed by atoms with E-state index < -0.39 is 0 Å². The highest BCUT2D eigenvalue weighted by Crippen LogP contribution is 2.16. The number of halogens is 1. The Labute approximate surface area is 108 Å². The fraction of sp³-hybridized carbons (Fsp3) is 0.600. The van der Waals surface area contributed by atoms with Gasteiger partial charge in [-0.15, -0.1) is 0 Å². The molecule has 0 amide bonds. The van der Waals surface area contributed by atoms with Gasteiger partial charge in [0.05, 0.1) is 6.33 Å². The van der Waals surface area contributed by atoms with Gasteiger partial charge >= 0.3 is 0 Å². The fourth-order valence-electron chi connectivity index (χ4n) is 0.841. The van der Waals surface area contributed by atoms with Gasteiger partial charge in [0, 0.05) is 5.54 Å². The topological polar surface area (TPSA) is 58.2 Å². The molecule has 0 spiro atoms. The van der Waals surface area contributed by atoms with E-state index in [9.17, 15) is 4.79 Å². The molecule has 0 radical (unpaired) electrons. The van der Waals surface area contributed by atoms with Gasteiger partial charge < -0.3 is 14.6 Å². The van der Waals surface area contributed by atoms with Crippen molar-refractivity contribution >= 4 is 22.6 Å². The molecule has 0 fully saturated rings. The molecule has 16 heavy (non-hydrogen) atoms. The number of likely N-dealkylation sites (N-methyl/N-ethyl adjacent to an activating group) is 1. The average Bonchev–Trinajstić information content (AvgIpc) is 2.20. The van der Waals surface area contributed by atoms with Crippen LogP contribution in [-0.4, -0.2) is 41.1 Å². The van der Waals surface area contributed by atoms with Crippen LogP contribution in [0.1, 0.15) is 13.8 Å². The van der Waals surface area contributed by atoms with Gasteiger partial charge in [0.25, 0.3) is 5.56 Å². The van der Waals surface area contributed by atoms with Crippen LogP contribution in [0, 0.1) is 3.57 Å². The quantitative estimate of drug-likeness (QED) is 0.836. The van der Waals surface area contributed by atoms with Crippen molar-refractivity contribution < 1.29 is 4.74 Å². The molecule has 1 rings (SSSR count). The fourth-order valence-corrected chi connectivity index (χ4v) is 1.29. The Morgan fingerprint density at radius 1 is 1.56 bits per heavy atom. The summed E-state index contributed by atoms with van der Waals surface area (Å²) in [5, 5.41) is 0. The summed E-state index contributed by atoms with van der Waals surface area (Å²) in [6.45, 7) is 4.60. The van der Waals surface area contributed by atoms with Gasteiger partial charge in [-0.25, -0.2) is 4.98 Å². The predicted molar refractivity (Wildman–Crippen MR) is 70.8 cm³/mol. The molecule has 90 valence electrons. The normalized spacial score (nSPS) is 11.9. The summed E-state index contributed by atoms with van der Waals surface area (Å²) in [5.41, 5.74) is -0.277. The lowest BCUT2D eigenvalue weighted by molar-refractivity contribution is 0.110. The molecular weight excluding hydrogens is 321 g/mol. The van der Waals surface area contributed by atoms with Crippen molar-refractivity contribution in [2.75, 3.05) is 20.7 Å². The Balaban J connectivity index is 2.76. The van der Waals surface area contributed by atoms with E-state index in [1.165, 1.54) is 6.33 Å². The zero-order valence-electron chi connectivity index (χ0n) is 9.87. The van der Waals surface area contributed by atoms with Gasteiger partial charge in [0.2, 0.25) is 5.88 Å². The van der Waals surface area contributed by atoms with Gasteiger partial charge in [0.15, 0.2) is 0 Å². The van der Waals surface area contributed by atoms with Gasteiger partial charge in [-0.1, -0.05) is 0 Å². The third kappa shape index (κ3) is 3.18. The minimum Gasteiger partial charge on any atom is -0.475 e. The summed E-state index contributed by atoms with van der Waals surface area (Å²) in [4.78, 5) is 19.9. The molecule has 6 heteroatoms. The molecule has 1 aromatic heterocycles. The third-order valence-corrected chi connectivity index (χ3v) is 3.49. The maximum absolute atomic E-state index is 11.3. The summed E-state index contributed by atoms with van der Waals surface area (Å²) in [6.07, 6.45) is 1.35. The molecule has 1 aromatic rings. The monoisotopic (exact) mass is 337 g/mol. The van der Waals surface area contributed by atoms with Crippen LogP contribution >= 0.6 is 22.6 Å². The molecule has 0 unspecified atom stereocenters. The molecule has 5 nitrogen and oxygen atoms in total. The van der Waals surface area contributed by atoms with E-state index in [0.29, 0.717) is 16.1 Å². The highest BCUT2D eigenvalue weighted by Gasteiger charge is 2.22. The highest BCUT2D eigenvalue weighted by atomic mass is 127. The molecule has 0 aromatic carbocycles. The average molecular weight is 337 g/mol. The van der Waals surface area contributed by atoms with Crippen LogP contribution in [0.3, 0.4) is 0 Å². The summed E-state index contributed by atoms with van der Waals surface area (Å²) in [5.74, 6) is 0.388. The number of rotatable bonds is 4. The number of hydrogen-bond acceptors (Lipinski definition) is 4. The minimum atomic E-state index is -0.173. The van der Waals surface area contributed by atoms with Crippen LogP contribution in [0.15, 0.2) is 11.1 Å². The largest absolute Gasteiger partial charge is 0.475 e. The van der Waals surface area contributed by atoms with Crippen LogP contribution in [0.25, 0.3) is 0 Å². The van der Waals surface area contributed by atoms with Crippen LogP contribution in [0.2, 0.25) is 0 Å². The van der Waals surface area contributed by atoms with E-state index in [-0.39, 0.29) is 11.1 Å². The van der Waals surface area contributed by atoms with Crippen LogP contribution < -0.4 is 10.3 Å². The lowest BCUT2D eigenvalue weighted by atomic mass is 10.1. The first-order chi connectivity index (χ1) is 7.34. The van der Waals surface area contributed by atoms with Crippen LogP contribution in [-0.2, 0) is 0 Å². The maximum Gasteiger partial charge on any atom is 0.268 e. The van der Waals surface area contributed by atoms with Gasteiger partial charge in [-0.05, 0) is 50.5 Å². The Morgan fingerprint density at radius 2 is 2.19 bits per heavy atom. The van der Waals surface area contributed by atoms with Crippen molar-refractivity contribution in [1.29, 1.82) is 0 Å². The molecular formula is C10H16IN3O2. The van der Waals surface area contributed by atoms with Crippen molar-refractivity contribution in [3.05, 3.63) is 20.3 Å². The Kier molecular flexibility index (Phi) is 4.31. The molecule has 0 aliphatic heterocycles. The van der Waals surface area contributed by atoms with E-state index in [2.05, 4.69) is 28.7 Å². The highest BCUT2D eigenvalue weighted by molar-refractivity contribution is 14.1. The zero-order chi connectivity index (χ0) is 12.3. The number of aromatic amines is 1. The Morgan fingerprint density at radius 3 is 2.75 bits per heavy atom. The van der Waals surface area contributed by atoms with E-state index in [4.69, 9.17) is 4.74 Å². The maximum atomic E-state index is 11.3. The van der Waals surface area contributed by atoms with E-state index >= 15 is 0 Å². The summed E-state index contributed by atoms with van der Waals surface area (Å²) in [6, 6.07) is 0. The molecule has 0 bridgehead atoms. The smallest absolute Gasteiger partial charge is 0.268 e. The molecule has 0 saturated heterocycles. The zero-order valence-corrected chi connectivity index (χ0v) is 12.0. The SMILES string of the molecule is CN(C)C(C)(C)COc1nc[nH]c(=O)c1I. The van der Waals surface area contributed by atoms with E-state index in [1.807, 2.05) is 36.7 Å². The second-order valence-electron chi connectivity index (χ2n) is 4.35. The van der Waals surface area contributed by atoms with Gasteiger partial charge in [-0.3, -0.25) is 4.79 Å². The van der Waals surface area contributed by atoms with Crippen molar-refractivity contribution in [1.82, 2.24) is 14.9 Å². The van der Waals surface area contributed by atoms with E-state index in [0.717, 1.165) is 0 Å². The molecule has 0 atom stereocenters. The van der Waals surface area contributed by atoms with E-state index in [1.54, 1.807) is 0 Å². The van der Waals surface area contributed by atoms with Crippen LogP contribution in [0.5, 0.6) is 5.88 Å². The number of aromatic nitrogens is 2. The standard InChI is InChI=1S/C10H16IN3O2/c1-10(2,14(3)4)5-16-9-7(11)8(15)12-6-13-9/h6H,5H2,1-4H3,(H,12,13,15). The predicted octanol–water partition coefficient (Wildman–Crippen LogP) is 1.09. The molecule has 1 N–H and O–H groups in total.